The van der Waals surface area contributed by atoms with Crippen molar-refractivity contribution < 1.29 is 13.2 Å². The number of benzene rings is 3. The van der Waals surface area contributed by atoms with Gasteiger partial charge in [-0.15, -0.1) is 11.8 Å². The molecule has 3 aromatic rings. The Hall–Kier alpha value is -2.77. The molecule has 0 saturated carbocycles. The van der Waals surface area contributed by atoms with Crippen LogP contribution in [0.25, 0.3) is 0 Å². The zero-order valence-corrected chi connectivity index (χ0v) is 19.6. The minimum atomic E-state index is -3.74. The van der Waals surface area contributed by atoms with E-state index in [9.17, 15) is 13.2 Å². The maximum Gasteiger partial charge on any atom is 0.261 e. The molecule has 0 aliphatic carbocycles. The van der Waals surface area contributed by atoms with Gasteiger partial charge in [-0.25, -0.2) is 8.42 Å². The van der Waals surface area contributed by atoms with Crippen LogP contribution in [0.5, 0.6) is 0 Å². The van der Waals surface area contributed by atoms with E-state index < -0.39 is 10.0 Å². The van der Waals surface area contributed by atoms with Crippen LogP contribution in [0.4, 0.5) is 11.4 Å². The van der Waals surface area contributed by atoms with Gasteiger partial charge in [-0.05, 0) is 67.4 Å². The molecular weight excluding hydrogens is 428 g/mol. The highest BCUT2D eigenvalue weighted by Gasteiger charge is 2.17. The van der Waals surface area contributed by atoms with Gasteiger partial charge in [-0.1, -0.05) is 38.1 Å². The topological polar surface area (TPSA) is 75.3 Å². The average molecular weight is 455 g/mol. The van der Waals surface area contributed by atoms with Gasteiger partial charge >= 0.3 is 0 Å². The molecule has 1 amide bonds. The van der Waals surface area contributed by atoms with Gasteiger partial charge < -0.3 is 5.32 Å². The highest BCUT2D eigenvalue weighted by atomic mass is 32.2. The van der Waals surface area contributed by atoms with Crippen LogP contribution < -0.4 is 10.0 Å². The molecule has 3 rings (SSSR count). The van der Waals surface area contributed by atoms with E-state index in [1.165, 1.54) is 12.1 Å². The predicted octanol–water partition coefficient (Wildman–Crippen LogP) is 5.86. The smallest absolute Gasteiger partial charge is 0.261 e. The molecule has 3 aromatic carbocycles. The number of anilines is 2. The van der Waals surface area contributed by atoms with Crippen molar-refractivity contribution >= 4 is 39.1 Å². The lowest BCUT2D eigenvalue weighted by Crippen LogP contribution is -2.15. The third kappa shape index (κ3) is 5.89. The Balaban J connectivity index is 1.76. The van der Waals surface area contributed by atoms with E-state index in [1.807, 2.05) is 44.2 Å². The molecule has 162 valence electrons. The zero-order chi connectivity index (χ0) is 22.6. The fourth-order valence-corrected chi connectivity index (χ4v) is 5.05. The van der Waals surface area contributed by atoms with Crippen molar-refractivity contribution in [1.82, 2.24) is 0 Å². The molecule has 0 aliphatic rings. The molecule has 0 aromatic heterocycles. The third-order valence-electron chi connectivity index (χ3n) is 4.55. The zero-order valence-electron chi connectivity index (χ0n) is 18.0. The fraction of sp³-hybridized carbons (Fsp3) is 0.208. The van der Waals surface area contributed by atoms with Gasteiger partial charge in [0.15, 0.2) is 0 Å². The minimum absolute atomic E-state index is 0.127. The lowest BCUT2D eigenvalue weighted by atomic mass is 10.1. The Kier molecular flexibility index (Phi) is 7.08. The summed E-state index contributed by atoms with van der Waals surface area (Å²) < 4.78 is 28.2. The molecule has 2 N–H and O–H groups in total. The molecule has 5 nitrogen and oxygen atoms in total. The Morgan fingerprint density at radius 1 is 0.935 bits per heavy atom. The Labute approximate surface area is 188 Å². The van der Waals surface area contributed by atoms with Gasteiger partial charge in [0.25, 0.3) is 15.9 Å². The van der Waals surface area contributed by atoms with Crippen LogP contribution in [0.2, 0.25) is 0 Å². The van der Waals surface area contributed by atoms with Crippen molar-refractivity contribution in [1.29, 1.82) is 0 Å². The summed E-state index contributed by atoms with van der Waals surface area (Å²) in [6, 6.07) is 19.2. The molecule has 0 saturated heterocycles. The van der Waals surface area contributed by atoms with Crippen LogP contribution in [0.15, 0.2) is 76.5 Å². The maximum atomic E-state index is 12.8. The second-order valence-electron chi connectivity index (χ2n) is 7.57. The van der Waals surface area contributed by atoms with E-state index in [-0.39, 0.29) is 10.8 Å². The van der Waals surface area contributed by atoms with Gasteiger partial charge in [0.2, 0.25) is 0 Å². The molecule has 31 heavy (non-hydrogen) atoms. The largest absolute Gasteiger partial charge is 0.322 e. The first-order valence-corrected chi connectivity index (χ1v) is 12.3. The molecular formula is C24H26N2O3S2. The number of amides is 1. The van der Waals surface area contributed by atoms with Gasteiger partial charge in [-0.3, -0.25) is 9.52 Å². The quantitative estimate of drug-likeness (QED) is 0.439. The van der Waals surface area contributed by atoms with Crippen molar-refractivity contribution in [3.05, 3.63) is 83.4 Å². The minimum Gasteiger partial charge on any atom is -0.322 e. The molecule has 0 bridgehead atoms. The van der Waals surface area contributed by atoms with Crippen molar-refractivity contribution in [2.75, 3.05) is 10.0 Å². The molecule has 0 unspecified atom stereocenters. The summed E-state index contributed by atoms with van der Waals surface area (Å²) in [6.45, 7) is 7.91. The summed E-state index contributed by atoms with van der Waals surface area (Å²) in [5.74, 6) is -0.229. The molecule has 0 radical (unpaired) electrons. The first-order valence-electron chi connectivity index (χ1n) is 9.93. The Morgan fingerprint density at radius 2 is 1.61 bits per heavy atom. The van der Waals surface area contributed by atoms with E-state index in [4.69, 9.17) is 0 Å². The molecule has 7 heteroatoms. The molecule has 0 fully saturated rings. The first kappa shape index (κ1) is 22.9. The summed E-state index contributed by atoms with van der Waals surface area (Å²) in [5, 5.41) is 3.20. The van der Waals surface area contributed by atoms with E-state index in [0.29, 0.717) is 22.2 Å². The molecule has 0 aliphatic heterocycles. The van der Waals surface area contributed by atoms with Gasteiger partial charge in [0.1, 0.15) is 0 Å². The average Bonchev–Trinajstić information content (AvgIpc) is 2.71. The normalized spacial score (nSPS) is 11.4. The lowest BCUT2D eigenvalue weighted by molar-refractivity contribution is 0.102. The Bertz CT molecular complexity index is 1190. The van der Waals surface area contributed by atoms with Crippen LogP contribution in [0, 0.1) is 13.8 Å². The fourth-order valence-electron chi connectivity index (χ4n) is 2.98. The van der Waals surface area contributed by atoms with Crippen LogP contribution in [0.1, 0.15) is 35.3 Å². The summed E-state index contributed by atoms with van der Waals surface area (Å²) in [7, 11) is -3.74. The number of nitrogens with one attached hydrogen (secondary N) is 2. The Morgan fingerprint density at radius 3 is 2.29 bits per heavy atom. The van der Waals surface area contributed by atoms with Gasteiger partial charge in [0.05, 0.1) is 16.1 Å². The van der Waals surface area contributed by atoms with Crippen LogP contribution in [0.3, 0.4) is 0 Å². The van der Waals surface area contributed by atoms with E-state index in [1.54, 1.807) is 36.0 Å². The molecule has 0 atom stereocenters. The second kappa shape index (κ2) is 9.58. The monoisotopic (exact) mass is 454 g/mol. The summed E-state index contributed by atoms with van der Waals surface area (Å²) >= 11 is 1.62. The number of carbonyl (C=O) groups excluding carboxylic acids is 1. The third-order valence-corrected chi connectivity index (χ3v) is 7.02. The lowest BCUT2D eigenvalue weighted by Gasteiger charge is -2.13. The van der Waals surface area contributed by atoms with Crippen LogP contribution in [-0.2, 0) is 10.0 Å². The van der Waals surface area contributed by atoms with Crippen LogP contribution >= 0.6 is 11.8 Å². The van der Waals surface area contributed by atoms with Crippen molar-refractivity contribution in [2.24, 2.45) is 0 Å². The maximum absolute atomic E-state index is 12.8. The van der Waals surface area contributed by atoms with Gasteiger partial charge in [-0.2, -0.15) is 0 Å². The number of carbonyl (C=O) groups is 1. The number of rotatable bonds is 7. The number of hydrogen-bond acceptors (Lipinski definition) is 4. The molecule has 0 heterocycles. The number of thioether (sulfide) groups is 1. The van der Waals surface area contributed by atoms with Crippen LogP contribution in [-0.4, -0.2) is 19.6 Å². The van der Waals surface area contributed by atoms with E-state index >= 15 is 0 Å². The van der Waals surface area contributed by atoms with Crippen molar-refractivity contribution in [3.63, 3.8) is 0 Å². The number of sulfonamides is 1. The summed E-state index contributed by atoms with van der Waals surface area (Å²) in [5.41, 5.74) is 3.49. The van der Waals surface area contributed by atoms with Gasteiger partial charge in [0, 0.05) is 15.8 Å². The van der Waals surface area contributed by atoms with Crippen molar-refractivity contribution in [2.45, 2.75) is 42.7 Å². The van der Waals surface area contributed by atoms with Crippen molar-refractivity contribution in [3.8, 4) is 0 Å². The van der Waals surface area contributed by atoms with E-state index in [0.717, 1.165) is 16.0 Å². The number of aryl methyl sites for hydroxylation is 2. The van der Waals surface area contributed by atoms with E-state index in [2.05, 4.69) is 23.9 Å². The predicted molar refractivity (Wildman–Crippen MR) is 129 cm³/mol. The standard InChI is InChI=1S/C24H26N2O3S2/c1-16(2)30-23-8-6-5-7-21(23)24(27)25-19-11-13-20(14-12-19)31(28,29)26-22-15-17(3)9-10-18(22)4/h5-16,26H,1-4H3,(H,25,27). The SMILES string of the molecule is Cc1ccc(C)c(NS(=O)(=O)c2ccc(NC(=O)c3ccccc3SC(C)C)cc2)c1. The first-order chi connectivity index (χ1) is 14.7. The highest BCUT2D eigenvalue weighted by molar-refractivity contribution is 8.00. The highest BCUT2D eigenvalue weighted by Crippen LogP contribution is 2.27. The second-order valence-corrected chi connectivity index (χ2v) is 10.9. The summed E-state index contributed by atoms with van der Waals surface area (Å²) in [4.78, 5) is 13.8. The number of hydrogen-bond donors (Lipinski definition) is 2. The summed E-state index contributed by atoms with van der Waals surface area (Å²) in [6.07, 6.45) is 0. The molecule has 0 spiro atoms.